The summed E-state index contributed by atoms with van der Waals surface area (Å²) in [6.45, 7) is 7.44. The van der Waals surface area contributed by atoms with E-state index >= 15 is 0 Å². The van der Waals surface area contributed by atoms with Crippen molar-refractivity contribution in [1.82, 2.24) is 5.32 Å². The van der Waals surface area contributed by atoms with Crippen molar-refractivity contribution in [3.05, 3.63) is 0 Å². The van der Waals surface area contributed by atoms with Gasteiger partial charge in [-0.1, -0.05) is 0 Å². The highest BCUT2D eigenvalue weighted by Crippen LogP contribution is 2.61. The minimum Gasteiger partial charge on any atom is -0.481 e. The van der Waals surface area contributed by atoms with Gasteiger partial charge in [0.15, 0.2) is 0 Å². The molecular formula is C13H21NO5. The highest BCUT2D eigenvalue weighted by Gasteiger charge is 2.70. The molecule has 2 aliphatic heterocycles. The monoisotopic (exact) mass is 271 g/mol. The van der Waals surface area contributed by atoms with E-state index in [0.717, 1.165) is 0 Å². The number of carbonyl (C=O) groups excluding carboxylic acids is 1. The van der Waals surface area contributed by atoms with Crippen LogP contribution in [0.1, 0.15) is 40.5 Å². The molecule has 1 saturated carbocycles. The Kier molecular flexibility index (Phi) is 3.04. The molecule has 0 spiro atoms. The third-order valence-electron chi connectivity index (χ3n) is 3.86. The van der Waals surface area contributed by atoms with Crippen molar-refractivity contribution in [3.8, 4) is 0 Å². The van der Waals surface area contributed by atoms with E-state index in [1.54, 1.807) is 27.7 Å². The quantitative estimate of drug-likeness (QED) is 0.813. The Morgan fingerprint density at radius 2 is 2.00 bits per heavy atom. The van der Waals surface area contributed by atoms with Crippen LogP contribution in [0.25, 0.3) is 0 Å². The normalized spacial score (nSPS) is 36.5. The predicted octanol–water partition coefficient (Wildman–Crippen LogP) is 1.53. The molecule has 3 aliphatic rings. The first kappa shape index (κ1) is 14.1. The maximum Gasteiger partial charge on any atom is 0.407 e. The summed E-state index contributed by atoms with van der Waals surface area (Å²) >= 11 is 0. The zero-order valence-electron chi connectivity index (χ0n) is 11.8. The van der Waals surface area contributed by atoms with Crippen molar-refractivity contribution in [1.29, 1.82) is 0 Å². The lowest BCUT2D eigenvalue weighted by Gasteiger charge is -2.42. The summed E-state index contributed by atoms with van der Waals surface area (Å²) in [5, 5.41) is 11.9. The molecule has 0 aromatic carbocycles. The Labute approximate surface area is 112 Å². The number of carbonyl (C=O) groups is 2. The van der Waals surface area contributed by atoms with Gasteiger partial charge in [0.25, 0.3) is 0 Å². The Balaban J connectivity index is 1.87. The molecule has 6 heteroatoms. The molecule has 2 N–H and O–H groups in total. The molecule has 0 aromatic heterocycles. The number of hydrogen-bond acceptors (Lipinski definition) is 4. The van der Waals surface area contributed by atoms with E-state index in [1.807, 2.05) is 0 Å². The smallest absolute Gasteiger partial charge is 0.407 e. The summed E-state index contributed by atoms with van der Waals surface area (Å²) < 4.78 is 10.9. The van der Waals surface area contributed by atoms with Gasteiger partial charge in [0, 0.05) is 0 Å². The topological polar surface area (TPSA) is 84.9 Å². The van der Waals surface area contributed by atoms with Crippen LogP contribution in [-0.2, 0) is 14.3 Å². The van der Waals surface area contributed by atoms with E-state index in [9.17, 15) is 14.7 Å². The molecule has 2 heterocycles. The summed E-state index contributed by atoms with van der Waals surface area (Å²) in [7, 11) is 0. The van der Waals surface area contributed by atoms with Crippen molar-refractivity contribution in [3.63, 3.8) is 0 Å². The minimum atomic E-state index is -0.814. The lowest BCUT2D eigenvalue weighted by atomic mass is 9.60. The van der Waals surface area contributed by atoms with Gasteiger partial charge in [0.2, 0.25) is 0 Å². The van der Waals surface area contributed by atoms with E-state index in [4.69, 9.17) is 9.47 Å². The average Bonchev–Trinajstić information content (AvgIpc) is 2.60. The Hall–Kier alpha value is -1.30. The third kappa shape index (κ3) is 2.41. The number of amides is 1. The molecule has 2 bridgehead atoms. The van der Waals surface area contributed by atoms with Gasteiger partial charge < -0.3 is 19.9 Å². The van der Waals surface area contributed by atoms with Crippen LogP contribution in [0.3, 0.4) is 0 Å². The van der Waals surface area contributed by atoms with Crippen LogP contribution in [0.4, 0.5) is 4.79 Å². The van der Waals surface area contributed by atoms with Crippen molar-refractivity contribution in [2.24, 2.45) is 5.41 Å². The van der Waals surface area contributed by atoms with E-state index in [2.05, 4.69) is 5.32 Å². The van der Waals surface area contributed by atoms with Gasteiger partial charge in [0.1, 0.15) is 5.60 Å². The number of aliphatic carboxylic acids is 1. The van der Waals surface area contributed by atoms with Gasteiger partial charge in [-0.3, -0.25) is 4.79 Å². The minimum absolute atomic E-state index is 0.293. The number of hydrogen-bond donors (Lipinski definition) is 2. The first-order valence-electron chi connectivity index (χ1n) is 6.47. The van der Waals surface area contributed by atoms with Crippen LogP contribution < -0.4 is 5.32 Å². The lowest BCUT2D eigenvalue weighted by molar-refractivity contribution is -0.154. The number of carboxylic acid groups (broad SMARTS) is 1. The standard InChI is InChI=1S/C13H21NO5/c1-8-13(9(15)16)5-12(6-13,18-8)7-14-10(17)19-11(2,3)4/h8H,5-7H2,1-4H3,(H,14,17)(H,15,16). The van der Waals surface area contributed by atoms with Gasteiger partial charge in [-0.05, 0) is 40.5 Å². The molecule has 1 unspecified atom stereocenters. The number of ether oxygens (including phenoxy) is 2. The molecule has 0 radical (unpaired) electrons. The second kappa shape index (κ2) is 4.10. The van der Waals surface area contributed by atoms with Crippen LogP contribution in [0, 0.1) is 5.41 Å². The number of nitrogens with one attached hydrogen (secondary N) is 1. The Morgan fingerprint density at radius 1 is 1.42 bits per heavy atom. The van der Waals surface area contributed by atoms with Gasteiger partial charge in [0.05, 0.1) is 23.7 Å². The highest BCUT2D eigenvalue weighted by atomic mass is 16.6. The molecule has 6 nitrogen and oxygen atoms in total. The number of fused-ring (bicyclic) bond motifs is 1. The summed E-state index contributed by atoms with van der Waals surface area (Å²) in [6.07, 6.45) is 0.0850. The van der Waals surface area contributed by atoms with E-state index in [0.29, 0.717) is 19.4 Å². The summed E-state index contributed by atoms with van der Waals surface area (Å²) in [5.41, 5.74) is -1.85. The van der Waals surface area contributed by atoms with Gasteiger partial charge in [-0.15, -0.1) is 0 Å². The number of alkyl carbamates (subject to hydrolysis) is 1. The van der Waals surface area contributed by atoms with Crippen molar-refractivity contribution in [2.45, 2.75) is 57.8 Å². The summed E-state index contributed by atoms with van der Waals surface area (Å²) in [5.74, 6) is -0.814. The van der Waals surface area contributed by atoms with Crippen molar-refractivity contribution < 1.29 is 24.2 Å². The van der Waals surface area contributed by atoms with Gasteiger partial charge in [-0.2, -0.15) is 0 Å². The fraction of sp³-hybridized carbons (Fsp3) is 0.846. The first-order valence-corrected chi connectivity index (χ1v) is 6.47. The molecule has 1 atom stereocenters. The molecule has 19 heavy (non-hydrogen) atoms. The molecular weight excluding hydrogens is 250 g/mol. The van der Waals surface area contributed by atoms with Crippen molar-refractivity contribution >= 4 is 12.1 Å². The second-order valence-electron chi connectivity index (χ2n) is 6.61. The fourth-order valence-electron chi connectivity index (χ4n) is 3.00. The van der Waals surface area contributed by atoms with E-state index < -0.39 is 28.7 Å². The first-order chi connectivity index (χ1) is 8.59. The third-order valence-corrected chi connectivity index (χ3v) is 3.86. The molecule has 3 fully saturated rings. The maximum atomic E-state index is 11.6. The zero-order valence-corrected chi connectivity index (χ0v) is 11.8. The fourth-order valence-corrected chi connectivity index (χ4v) is 3.00. The van der Waals surface area contributed by atoms with E-state index in [-0.39, 0.29) is 6.10 Å². The summed E-state index contributed by atoms with van der Waals surface area (Å²) in [4.78, 5) is 22.8. The molecule has 1 amide bonds. The van der Waals surface area contributed by atoms with Gasteiger partial charge in [-0.25, -0.2) is 4.79 Å². The Morgan fingerprint density at radius 3 is 2.42 bits per heavy atom. The molecule has 2 saturated heterocycles. The van der Waals surface area contributed by atoms with Crippen molar-refractivity contribution in [2.75, 3.05) is 6.54 Å². The zero-order chi connectivity index (χ0) is 14.5. The maximum absolute atomic E-state index is 11.6. The largest absolute Gasteiger partial charge is 0.481 e. The second-order valence-corrected chi connectivity index (χ2v) is 6.61. The average molecular weight is 271 g/mol. The molecule has 1 aliphatic carbocycles. The van der Waals surface area contributed by atoms with Gasteiger partial charge >= 0.3 is 12.1 Å². The molecule has 108 valence electrons. The van der Waals surface area contributed by atoms with Crippen LogP contribution in [0.5, 0.6) is 0 Å². The summed E-state index contributed by atoms with van der Waals surface area (Å²) in [6, 6.07) is 0. The Bertz CT molecular complexity index is 406. The predicted molar refractivity (Wildman–Crippen MR) is 66.8 cm³/mol. The molecule has 0 aromatic rings. The number of carboxylic acids is 1. The SMILES string of the molecule is CC1OC2(CNC(=O)OC(C)(C)C)CC1(C(=O)O)C2. The lowest BCUT2D eigenvalue weighted by Crippen LogP contribution is -2.55. The van der Waals surface area contributed by atoms with E-state index in [1.165, 1.54) is 0 Å². The number of rotatable bonds is 3. The van der Waals surface area contributed by atoms with Crippen LogP contribution in [-0.4, -0.2) is 41.0 Å². The van der Waals surface area contributed by atoms with Crippen LogP contribution in [0.2, 0.25) is 0 Å². The highest BCUT2D eigenvalue weighted by molar-refractivity contribution is 5.78. The van der Waals surface area contributed by atoms with Crippen LogP contribution in [0.15, 0.2) is 0 Å². The molecule has 3 rings (SSSR count). The van der Waals surface area contributed by atoms with Crippen LogP contribution >= 0.6 is 0 Å².